The van der Waals surface area contributed by atoms with Gasteiger partial charge in [-0.3, -0.25) is 0 Å². The summed E-state index contributed by atoms with van der Waals surface area (Å²) in [4.78, 5) is 3.53. The number of halogens is 4. The molecule has 0 radical (unpaired) electrons. The van der Waals surface area contributed by atoms with Gasteiger partial charge in [-0.05, 0) is 23.8 Å². The zero-order chi connectivity index (χ0) is 17.3. The molecule has 0 N–H and O–H groups in total. The third kappa shape index (κ3) is 3.85. The quantitative estimate of drug-likeness (QED) is 0.609. The molecule has 0 saturated heterocycles. The van der Waals surface area contributed by atoms with Crippen LogP contribution in [0, 0.1) is 0 Å². The van der Waals surface area contributed by atoms with Crippen LogP contribution in [0.5, 0.6) is 11.6 Å². The minimum atomic E-state index is -5.84. The van der Waals surface area contributed by atoms with Crippen molar-refractivity contribution in [1.82, 2.24) is 4.98 Å². The zero-order valence-electron chi connectivity index (χ0n) is 11.5. The number of methoxy groups -OCH3 is 1. The zero-order valence-corrected chi connectivity index (χ0v) is 13.0. The summed E-state index contributed by atoms with van der Waals surface area (Å²) in [5.41, 5.74) is -5.22. The molecule has 1 aromatic carbocycles. The molecular formula is C13H9ClF3NO4S. The minimum absolute atomic E-state index is 0.00650. The number of rotatable bonds is 4. The van der Waals surface area contributed by atoms with E-state index in [4.69, 9.17) is 16.3 Å². The summed E-state index contributed by atoms with van der Waals surface area (Å²) in [5.74, 6) is -0.217. The molecule has 0 unspecified atom stereocenters. The first-order valence-electron chi connectivity index (χ1n) is 5.95. The third-order valence-electron chi connectivity index (χ3n) is 2.69. The Labute approximate surface area is 134 Å². The highest BCUT2D eigenvalue weighted by Crippen LogP contribution is 2.34. The van der Waals surface area contributed by atoms with Crippen molar-refractivity contribution in [2.75, 3.05) is 7.11 Å². The van der Waals surface area contributed by atoms with Crippen LogP contribution in [0.15, 0.2) is 36.5 Å². The monoisotopic (exact) mass is 367 g/mol. The Morgan fingerprint density at radius 2 is 1.78 bits per heavy atom. The normalized spacial score (nSPS) is 12.0. The molecule has 1 aromatic heterocycles. The molecule has 23 heavy (non-hydrogen) atoms. The molecule has 10 heteroatoms. The fourth-order valence-corrected chi connectivity index (χ4v) is 2.21. The van der Waals surface area contributed by atoms with E-state index in [0.29, 0.717) is 11.3 Å². The second-order valence-electron chi connectivity index (χ2n) is 4.22. The lowest BCUT2D eigenvalue weighted by molar-refractivity contribution is -0.0501. The minimum Gasteiger partial charge on any atom is -0.497 e. The number of ether oxygens (including phenoxy) is 1. The Morgan fingerprint density at radius 3 is 2.30 bits per heavy atom. The predicted octanol–water partition coefficient (Wildman–Crippen LogP) is 3.64. The fraction of sp³-hybridized carbons (Fsp3) is 0.154. The van der Waals surface area contributed by atoms with Crippen molar-refractivity contribution in [2.24, 2.45) is 0 Å². The molecule has 0 atom stereocenters. The van der Waals surface area contributed by atoms with Gasteiger partial charge in [0.1, 0.15) is 5.75 Å². The van der Waals surface area contributed by atoms with E-state index in [1.807, 2.05) is 0 Å². The number of hydrogen-bond donors (Lipinski definition) is 0. The number of benzene rings is 1. The molecular weight excluding hydrogens is 359 g/mol. The van der Waals surface area contributed by atoms with Gasteiger partial charge in [-0.2, -0.15) is 21.6 Å². The van der Waals surface area contributed by atoms with Crippen LogP contribution in [0.3, 0.4) is 0 Å². The van der Waals surface area contributed by atoms with Crippen LogP contribution in [0.4, 0.5) is 13.2 Å². The topological polar surface area (TPSA) is 65.5 Å². The first-order chi connectivity index (χ1) is 10.6. The summed E-state index contributed by atoms with van der Waals surface area (Å²) in [6.07, 6.45) is 0.982. The van der Waals surface area contributed by atoms with Gasteiger partial charge in [-0.1, -0.05) is 23.7 Å². The van der Waals surface area contributed by atoms with Crippen LogP contribution in [-0.2, 0) is 10.1 Å². The van der Waals surface area contributed by atoms with E-state index in [1.54, 1.807) is 0 Å². The number of pyridine rings is 1. The highest BCUT2D eigenvalue weighted by molar-refractivity contribution is 7.88. The molecule has 124 valence electrons. The maximum absolute atomic E-state index is 12.4. The summed E-state index contributed by atoms with van der Waals surface area (Å²) in [6, 6.07) is 7.33. The van der Waals surface area contributed by atoms with Gasteiger partial charge in [-0.15, -0.1) is 0 Å². The Bertz CT molecular complexity index is 807. The van der Waals surface area contributed by atoms with Gasteiger partial charge in [0.15, 0.2) is 0 Å². The lowest BCUT2D eigenvalue weighted by atomic mass is 10.1. The molecule has 0 aliphatic rings. The van der Waals surface area contributed by atoms with E-state index in [1.165, 1.54) is 37.4 Å². The fourth-order valence-electron chi connectivity index (χ4n) is 1.62. The van der Waals surface area contributed by atoms with Crippen molar-refractivity contribution >= 4 is 21.7 Å². The van der Waals surface area contributed by atoms with Crippen molar-refractivity contribution in [1.29, 1.82) is 0 Å². The maximum atomic E-state index is 12.4. The Kier molecular flexibility index (Phi) is 4.71. The van der Waals surface area contributed by atoms with Gasteiger partial charge in [-0.25, -0.2) is 4.98 Å². The lowest BCUT2D eigenvalue weighted by Gasteiger charge is -2.12. The summed E-state index contributed by atoms with van der Waals surface area (Å²) in [6.45, 7) is 0. The highest BCUT2D eigenvalue weighted by Gasteiger charge is 2.49. The van der Waals surface area contributed by atoms with Gasteiger partial charge in [0.05, 0.1) is 12.1 Å². The van der Waals surface area contributed by atoms with Crippen LogP contribution >= 0.6 is 11.6 Å². The molecule has 0 aliphatic heterocycles. The third-order valence-corrected chi connectivity index (χ3v) is 3.84. The van der Waals surface area contributed by atoms with Crippen molar-refractivity contribution in [2.45, 2.75) is 5.51 Å². The average molecular weight is 368 g/mol. The molecule has 1 heterocycles. The lowest BCUT2D eigenvalue weighted by Crippen LogP contribution is -2.28. The van der Waals surface area contributed by atoms with Gasteiger partial charge >= 0.3 is 15.6 Å². The van der Waals surface area contributed by atoms with Crippen molar-refractivity contribution in [3.05, 3.63) is 41.6 Å². The number of alkyl halides is 3. The molecule has 0 fully saturated rings. The summed E-state index contributed by atoms with van der Waals surface area (Å²) in [7, 11) is -4.39. The Morgan fingerprint density at radius 1 is 1.17 bits per heavy atom. The first-order valence-corrected chi connectivity index (χ1v) is 7.73. The summed E-state index contributed by atoms with van der Waals surface area (Å²) < 4.78 is 68.7. The smallest absolute Gasteiger partial charge is 0.497 e. The number of aromatic nitrogens is 1. The van der Waals surface area contributed by atoms with Crippen LogP contribution in [-0.4, -0.2) is 26.0 Å². The van der Waals surface area contributed by atoms with Gasteiger partial charge < -0.3 is 8.92 Å². The predicted molar refractivity (Wildman–Crippen MR) is 76.8 cm³/mol. The van der Waals surface area contributed by atoms with Crippen LogP contribution < -0.4 is 8.92 Å². The van der Waals surface area contributed by atoms with Crippen molar-refractivity contribution in [3.8, 4) is 22.8 Å². The van der Waals surface area contributed by atoms with E-state index in [0.717, 1.165) is 6.20 Å². The largest absolute Gasteiger partial charge is 0.534 e. The molecule has 0 aliphatic carbocycles. The van der Waals surface area contributed by atoms with E-state index in [-0.39, 0.29) is 10.6 Å². The summed E-state index contributed by atoms with van der Waals surface area (Å²) >= 11 is 5.77. The first kappa shape index (κ1) is 17.4. The highest BCUT2D eigenvalue weighted by atomic mass is 35.5. The van der Waals surface area contributed by atoms with Crippen LogP contribution in [0.1, 0.15) is 0 Å². The van der Waals surface area contributed by atoms with Gasteiger partial charge in [0, 0.05) is 11.8 Å². The van der Waals surface area contributed by atoms with E-state index in [2.05, 4.69) is 9.17 Å². The Balaban J connectivity index is 2.49. The molecule has 0 saturated carbocycles. The second-order valence-corrected chi connectivity index (χ2v) is 6.19. The molecule has 0 bridgehead atoms. The van der Waals surface area contributed by atoms with Crippen molar-refractivity contribution in [3.63, 3.8) is 0 Å². The number of nitrogens with zero attached hydrogens (tertiary/aromatic N) is 1. The molecule has 5 nitrogen and oxygen atoms in total. The number of hydrogen-bond acceptors (Lipinski definition) is 5. The molecule has 2 aromatic rings. The van der Waals surface area contributed by atoms with E-state index in [9.17, 15) is 21.6 Å². The van der Waals surface area contributed by atoms with E-state index >= 15 is 0 Å². The molecule has 0 amide bonds. The summed E-state index contributed by atoms with van der Waals surface area (Å²) in [5, 5.41) is 0.104. The van der Waals surface area contributed by atoms with Crippen molar-refractivity contribution < 1.29 is 30.5 Å². The SMILES string of the molecule is COc1ccc(-c2cc(Cl)cnc2OS(=O)(=O)C(F)(F)F)cc1. The maximum Gasteiger partial charge on any atom is 0.534 e. The van der Waals surface area contributed by atoms with E-state index < -0.39 is 21.5 Å². The van der Waals surface area contributed by atoms with Gasteiger partial charge in [0.25, 0.3) is 0 Å². The van der Waals surface area contributed by atoms with Crippen LogP contribution in [0.2, 0.25) is 5.02 Å². The average Bonchev–Trinajstić information content (AvgIpc) is 2.48. The van der Waals surface area contributed by atoms with Gasteiger partial charge in [0.2, 0.25) is 5.88 Å². The van der Waals surface area contributed by atoms with Crippen LogP contribution in [0.25, 0.3) is 11.1 Å². The second kappa shape index (κ2) is 6.25. The molecule has 2 rings (SSSR count). The standard InChI is InChI=1S/C13H9ClF3NO4S/c1-21-10-4-2-8(3-5-10)11-6-9(14)7-18-12(11)22-23(19,20)13(15,16)17/h2-7H,1H3. The molecule has 0 spiro atoms. The Hall–Kier alpha value is -2.00.